The number of H-pyrrole nitrogens is 2. The molecular formula is C26H19FN8O. The van der Waals surface area contributed by atoms with E-state index in [-0.39, 0.29) is 5.91 Å². The molecule has 176 valence electrons. The van der Waals surface area contributed by atoms with Crippen molar-refractivity contribution in [3.63, 3.8) is 0 Å². The SMILES string of the molecule is CCC(=O)Nc1cncc(-c2ccc3[nH]nc(-c4nc5c(-c6ccccn6)nccc5[nH]4)c3c2F)c1. The summed E-state index contributed by atoms with van der Waals surface area (Å²) in [6.07, 6.45) is 6.78. The highest BCUT2D eigenvalue weighted by atomic mass is 19.1. The van der Waals surface area contributed by atoms with Crippen molar-refractivity contribution in [3.8, 4) is 34.0 Å². The molecule has 0 aliphatic carbocycles. The summed E-state index contributed by atoms with van der Waals surface area (Å²) in [6.45, 7) is 1.76. The molecule has 0 bridgehead atoms. The van der Waals surface area contributed by atoms with Crippen molar-refractivity contribution in [1.29, 1.82) is 0 Å². The van der Waals surface area contributed by atoms with Crippen molar-refractivity contribution in [1.82, 2.24) is 35.1 Å². The summed E-state index contributed by atoms with van der Waals surface area (Å²) in [7, 11) is 0. The number of aromatic amines is 2. The molecule has 5 heterocycles. The number of aromatic nitrogens is 7. The minimum Gasteiger partial charge on any atom is -0.336 e. The number of hydrogen-bond acceptors (Lipinski definition) is 6. The Morgan fingerprint density at radius 3 is 2.78 bits per heavy atom. The number of nitrogens with one attached hydrogen (secondary N) is 3. The van der Waals surface area contributed by atoms with Gasteiger partial charge in [0.05, 0.1) is 34.0 Å². The number of pyridine rings is 3. The quantitative estimate of drug-likeness (QED) is 0.316. The Hall–Kier alpha value is -4.99. The van der Waals surface area contributed by atoms with Gasteiger partial charge < -0.3 is 10.3 Å². The lowest BCUT2D eigenvalue weighted by Gasteiger charge is -2.08. The summed E-state index contributed by atoms with van der Waals surface area (Å²) in [5, 5.41) is 10.3. The highest BCUT2D eigenvalue weighted by Crippen LogP contribution is 2.35. The van der Waals surface area contributed by atoms with E-state index in [2.05, 4.69) is 35.5 Å². The molecule has 0 saturated heterocycles. The summed E-state index contributed by atoms with van der Waals surface area (Å²) < 4.78 is 16.0. The number of halogens is 1. The first-order valence-electron chi connectivity index (χ1n) is 11.3. The van der Waals surface area contributed by atoms with Crippen molar-refractivity contribution in [2.24, 2.45) is 0 Å². The fraction of sp³-hybridized carbons (Fsp3) is 0.0769. The van der Waals surface area contributed by atoms with E-state index >= 15 is 4.39 Å². The molecule has 6 rings (SSSR count). The van der Waals surface area contributed by atoms with Gasteiger partial charge in [0.25, 0.3) is 0 Å². The van der Waals surface area contributed by atoms with Gasteiger partial charge in [-0.3, -0.25) is 24.8 Å². The average Bonchev–Trinajstić information content (AvgIpc) is 3.54. The van der Waals surface area contributed by atoms with Crippen LogP contribution < -0.4 is 5.32 Å². The topological polar surface area (TPSA) is 125 Å². The van der Waals surface area contributed by atoms with E-state index in [9.17, 15) is 4.79 Å². The van der Waals surface area contributed by atoms with Crippen LogP contribution in [0.5, 0.6) is 0 Å². The van der Waals surface area contributed by atoms with Gasteiger partial charge in [-0.05, 0) is 36.4 Å². The number of amides is 1. The predicted molar refractivity (Wildman–Crippen MR) is 134 cm³/mol. The van der Waals surface area contributed by atoms with Crippen LogP contribution in [-0.4, -0.2) is 41.0 Å². The number of rotatable bonds is 5. The van der Waals surface area contributed by atoms with Gasteiger partial charge in [0.1, 0.15) is 22.7 Å². The van der Waals surface area contributed by atoms with Gasteiger partial charge >= 0.3 is 0 Å². The van der Waals surface area contributed by atoms with Crippen LogP contribution in [0.4, 0.5) is 10.1 Å². The van der Waals surface area contributed by atoms with Gasteiger partial charge in [-0.25, -0.2) is 9.37 Å². The maximum atomic E-state index is 16.0. The van der Waals surface area contributed by atoms with Crippen LogP contribution >= 0.6 is 0 Å². The zero-order valence-corrected chi connectivity index (χ0v) is 19.1. The van der Waals surface area contributed by atoms with Crippen molar-refractivity contribution in [2.45, 2.75) is 13.3 Å². The minimum atomic E-state index is -0.472. The van der Waals surface area contributed by atoms with Crippen LogP contribution in [0.25, 0.3) is 56.0 Å². The molecule has 6 aromatic rings. The van der Waals surface area contributed by atoms with Gasteiger partial charge in [-0.2, -0.15) is 5.10 Å². The standard InChI is InChI=1S/C26H19FN8O/c1-2-20(36)31-15-11-14(12-28-13-15)16-6-7-17-21(22(16)27)25(35-34-17)26-32-19-8-10-30-23(24(19)33-26)18-5-3-4-9-29-18/h3-13H,2H2,1H3,(H,31,36)(H,32,33)(H,34,35). The van der Waals surface area contributed by atoms with Gasteiger partial charge in [0, 0.05) is 36.1 Å². The largest absolute Gasteiger partial charge is 0.336 e. The Morgan fingerprint density at radius 1 is 1.03 bits per heavy atom. The second-order valence-corrected chi connectivity index (χ2v) is 8.14. The number of anilines is 1. The number of hydrogen-bond donors (Lipinski definition) is 3. The lowest BCUT2D eigenvalue weighted by atomic mass is 10.0. The third-order valence-corrected chi connectivity index (χ3v) is 5.85. The second-order valence-electron chi connectivity index (χ2n) is 8.14. The molecule has 0 spiro atoms. The Kier molecular flexibility index (Phi) is 5.18. The molecule has 0 saturated carbocycles. The molecule has 0 fully saturated rings. The average molecular weight is 478 g/mol. The summed E-state index contributed by atoms with van der Waals surface area (Å²) in [5.74, 6) is -0.216. The zero-order chi connectivity index (χ0) is 24.6. The first kappa shape index (κ1) is 21.5. The monoisotopic (exact) mass is 478 g/mol. The molecule has 1 aromatic carbocycles. The van der Waals surface area contributed by atoms with E-state index in [1.165, 1.54) is 6.20 Å². The third kappa shape index (κ3) is 3.65. The summed E-state index contributed by atoms with van der Waals surface area (Å²) >= 11 is 0. The maximum Gasteiger partial charge on any atom is 0.224 e. The first-order valence-corrected chi connectivity index (χ1v) is 11.3. The van der Waals surface area contributed by atoms with Crippen molar-refractivity contribution < 1.29 is 9.18 Å². The maximum absolute atomic E-state index is 16.0. The number of benzene rings is 1. The van der Waals surface area contributed by atoms with E-state index in [1.807, 2.05) is 18.2 Å². The van der Waals surface area contributed by atoms with Gasteiger partial charge in [-0.15, -0.1) is 0 Å². The highest BCUT2D eigenvalue weighted by molar-refractivity contribution is 5.98. The van der Waals surface area contributed by atoms with Crippen LogP contribution in [0, 0.1) is 5.82 Å². The fourth-order valence-electron chi connectivity index (χ4n) is 4.11. The molecule has 0 radical (unpaired) electrons. The molecule has 0 unspecified atom stereocenters. The van der Waals surface area contributed by atoms with Crippen molar-refractivity contribution in [2.75, 3.05) is 5.32 Å². The number of carbonyl (C=O) groups excluding carboxylic acids is 1. The number of carbonyl (C=O) groups is 1. The zero-order valence-electron chi connectivity index (χ0n) is 19.1. The Labute approximate surface area is 203 Å². The molecule has 36 heavy (non-hydrogen) atoms. The van der Waals surface area contributed by atoms with Crippen LogP contribution in [0.15, 0.2) is 67.3 Å². The fourth-order valence-corrected chi connectivity index (χ4v) is 4.11. The first-order chi connectivity index (χ1) is 17.6. The Balaban J connectivity index is 1.47. The summed E-state index contributed by atoms with van der Waals surface area (Å²) in [4.78, 5) is 32.7. The molecule has 0 aliphatic heterocycles. The van der Waals surface area contributed by atoms with Gasteiger partial charge in [0.15, 0.2) is 5.82 Å². The summed E-state index contributed by atoms with van der Waals surface area (Å²) in [5.41, 5.74) is 4.88. The second kappa shape index (κ2) is 8.66. The molecular weight excluding hydrogens is 459 g/mol. The van der Waals surface area contributed by atoms with Gasteiger partial charge in [-0.1, -0.05) is 13.0 Å². The Morgan fingerprint density at radius 2 is 1.94 bits per heavy atom. The van der Waals surface area contributed by atoms with E-state index in [0.717, 1.165) is 5.52 Å². The molecule has 0 aliphatic rings. The molecule has 5 aromatic heterocycles. The normalized spacial score (nSPS) is 11.3. The molecule has 9 nitrogen and oxygen atoms in total. The van der Waals surface area contributed by atoms with E-state index in [1.54, 1.807) is 49.8 Å². The summed E-state index contributed by atoms with van der Waals surface area (Å²) in [6, 6.07) is 12.5. The molecule has 1 amide bonds. The van der Waals surface area contributed by atoms with Crippen LogP contribution in [0.1, 0.15) is 13.3 Å². The van der Waals surface area contributed by atoms with Crippen LogP contribution in [0.3, 0.4) is 0 Å². The van der Waals surface area contributed by atoms with Crippen molar-refractivity contribution in [3.05, 3.63) is 73.1 Å². The smallest absolute Gasteiger partial charge is 0.224 e. The van der Waals surface area contributed by atoms with E-state index in [4.69, 9.17) is 4.98 Å². The van der Waals surface area contributed by atoms with E-state index < -0.39 is 5.82 Å². The van der Waals surface area contributed by atoms with Crippen LogP contribution in [-0.2, 0) is 4.79 Å². The predicted octanol–water partition coefficient (Wildman–Crippen LogP) is 5.11. The number of nitrogens with zero attached hydrogens (tertiary/aromatic N) is 5. The van der Waals surface area contributed by atoms with E-state index in [0.29, 0.717) is 62.6 Å². The van der Waals surface area contributed by atoms with Crippen molar-refractivity contribution >= 4 is 33.5 Å². The minimum absolute atomic E-state index is 0.147. The number of fused-ring (bicyclic) bond motifs is 2. The lowest BCUT2D eigenvalue weighted by Crippen LogP contribution is -2.09. The molecule has 3 N–H and O–H groups in total. The molecule has 10 heteroatoms. The highest BCUT2D eigenvalue weighted by Gasteiger charge is 2.21. The third-order valence-electron chi connectivity index (χ3n) is 5.85. The Bertz CT molecular complexity index is 1740. The number of imidazole rings is 1. The molecule has 0 atom stereocenters. The van der Waals surface area contributed by atoms with Gasteiger partial charge in [0.2, 0.25) is 5.91 Å². The lowest BCUT2D eigenvalue weighted by molar-refractivity contribution is -0.115. The van der Waals surface area contributed by atoms with Crippen LogP contribution in [0.2, 0.25) is 0 Å².